The molecule has 0 spiro atoms. The van der Waals surface area contributed by atoms with Gasteiger partial charge in [-0.05, 0) is 37.3 Å². The number of furan rings is 1. The zero-order valence-electron chi connectivity index (χ0n) is 13.0. The normalized spacial score (nSPS) is 12.7. The van der Waals surface area contributed by atoms with Crippen molar-refractivity contribution in [2.75, 3.05) is 10.6 Å². The van der Waals surface area contributed by atoms with Crippen LogP contribution >= 0.6 is 23.2 Å². The largest absolute Gasteiger partial charge is 0.467 e. The molecule has 0 fully saturated rings. The molecule has 1 aromatic heterocycles. The van der Waals surface area contributed by atoms with Crippen LogP contribution < -0.4 is 9.62 Å². The Bertz CT molecular complexity index is 822. The maximum Gasteiger partial charge on any atom is 0.243 e. The molecule has 0 aliphatic rings. The molecule has 24 heavy (non-hydrogen) atoms. The SMILES string of the molecule is C[C@H](C(=O)NCc1ccco1)N(c1cc(Cl)ccc1Cl)S(C)(=O)=O. The summed E-state index contributed by atoms with van der Waals surface area (Å²) in [6.07, 6.45) is 2.49. The topological polar surface area (TPSA) is 79.6 Å². The van der Waals surface area contributed by atoms with Gasteiger partial charge in [-0.25, -0.2) is 8.42 Å². The lowest BCUT2D eigenvalue weighted by molar-refractivity contribution is -0.122. The van der Waals surface area contributed by atoms with Gasteiger partial charge in [0.2, 0.25) is 15.9 Å². The molecule has 1 heterocycles. The van der Waals surface area contributed by atoms with Gasteiger partial charge in [-0.1, -0.05) is 23.2 Å². The number of carbonyl (C=O) groups excluding carboxylic acids is 1. The number of anilines is 1. The van der Waals surface area contributed by atoms with Gasteiger partial charge in [-0.2, -0.15) is 0 Å². The number of nitrogens with zero attached hydrogens (tertiary/aromatic N) is 1. The number of halogens is 2. The van der Waals surface area contributed by atoms with Crippen LogP contribution in [-0.2, 0) is 21.4 Å². The predicted octanol–water partition coefficient (Wildman–Crippen LogP) is 3.06. The molecule has 2 aromatic rings. The Morgan fingerprint density at radius 1 is 1.33 bits per heavy atom. The smallest absolute Gasteiger partial charge is 0.243 e. The van der Waals surface area contributed by atoms with Gasteiger partial charge in [0.25, 0.3) is 0 Å². The molecule has 0 bridgehead atoms. The van der Waals surface area contributed by atoms with Crippen LogP contribution in [0.2, 0.25) is 10.0 Å². The molecule has 6 nitrogen and oxygen atoms in total. The highest BCUT2D eigenvalue weighted by Gasteiger charge is 2.30. The van der Waals surface area contributed by atoms with Gasteiger partial charge in [-0.15, -0.1) is 0 Å². The van der Waals surface area contributed by atoms with Crippen molar-refractivity contribution in [2.45, 2.75) is 19.5 Å². The fourth-order valence-electron chi connectivity index (χ4n) is 2.17. The van der Waals surface area contributed by atoms with Gasteiger partial charge in [0.15, 0.2) is 0 Å². The van der Waals surface area contributed by atoms with Crippen molar-refractivity contribution in [1.82, 2.24) is 5.32 Å². The standard InChI is InChI=1S/C15H16Cl2N2O4S/c1-10(15(20)18-9-12-4-3-7-23-12)19(24(2,21)22)14-8-11(16)5-6-13(14)17/h3-8,10H,9H2,1-2H3,(H,18,20)/t10-/m1/s1. The third-order valence-electron chi connectivity index (χ3n) is 3.25. The highest BCUT2D eigenvalue weighted by atomic mass is 35.5. The van der Waals surface area contributed by atoms with E-state index in [0.29, 0.717) is 10.8 Å². The van der Waals surface area contributed by atoms with Crippen LogP contribution in [0.1, 0.15) is 12.7 Å². The summed E-state index contributed by atoms with van der Waals surface area (Å²) in [5, 5.41) is 3.11. The van der Waals surface area contributed by atoms with E-state index in [1.807, 2.05) is 0 Å². The van der Waals surface area contributed by atoms with E-state index >= 15 is 0 Å². The van der Waals surface area contributed by atoms with Crippen LogP contribution in [0.25, 0.3) is 0 Å². The van der Waals surface area contributed by atoms with Crippen molar-refractivity contribution in [3.8, 4) is 0 Å². The van der Waals surface area contributed by atoms with E-state index < -0.39 is 22.0 Å². The lowest BCUT2D eigenvalue weighted by Gasteiger charge is -2.29. The fourth-order valence-corrected chi connectivity index (χ4v) is 3.77. The van der Waals surface area contributed by atoms with Gasteiger partial charge >= 0.3 is 0 Å². The summed E-state index contributed by atoms with van der Waals surface area (Å²) in [5.41, 5.74) is 0.146. The number of nitrogens with one attached hydrogen (secondary N) is 1. The summed E-state index contributed by atoms with van der Waals surface area (Å²) in [4.78, 5) is 12.4. The first kappa shape index (κ1) is 18.6. The molecule has 0 saturated carbocycles. The summed E-state index contributed by atoms with van der Waals surface area (Å²) in [6, 6.07) is 6.79. The number of rotatable bonds is 6. The molecule has 0 aliphatic heterocycles. The fraction of sp³-hybridized carbons (Fsp3) is 0.267. The molecule has 1 atom stereocenters. The quantitative estimate of drug-likeness (QED) is 0.821. The zero-order chi connectivity index (χ0) is 17.9. The first-order valence-corrected chi connectivity index (χ1v) is 9.55. The Morgan fingerprint density at radius 2 is 2.04 bits per heavy atom. The zero-order valence-corrected chi connectivity index (χ0v) is 15.3. The number of hydrogen-bond acceptors (Lipinski definition) is 4. The number of benzene rings is 1. The lowest BCUT2D eigenvalue weighted by atomic mass is 10.2. The number of sulfonamides is 1. The van der Waals surface area contributed by atoms with Crippen molar-refractivity contribution < 1.29 is 17.6 Å². The highest BCUT2D eigenvalue weighted by molar-refractivity contribution is 7.92. The molecule has 0 saturated heterocycles. The summed E-state index contributed by atoms with van der Waals surface area (Å²) in [5.74, 6) is 0.0649. The molecule has 1 N–H and O–H groups in total. The van der Waals surface area contributed by atoms with Crippen LogP contribution in [0.4, 0.5) is 5.69 Å². The molecule has 0 unspecified atom stereocenters. The lowest BCUT2D eigenvalue weighted by Crippen LogP contribution is -2.47. The Kier molecular flexibility index (Phi) is 5.79. The van der Waals surface area contributed by atoms with Gasteiger partial charge < -0.3 is 9.73 Å². The molecule has 1 aromatic carbocycles. The summed E-state index contributed by atoms with van der Waals surface area (Å²) < 4.78 is 30.5. The van der Waals surface area contributed by atoms with E-state index in [-0.39, 0.29) is 17.3 Å². The molecule has 2 rings (SSSR count). The van der Waals surface area contributed by atoms with Crippen LogP contribution in [0.15, 0.2) is 41.0 Å². The molecule has 9 heteroatoms. The second-order valence-corrected chi connectivity index (χ2v) is 7.83. The molecular formula is C15H16Cl2N2O4S. The second-order valence-electron chi connectivity index (χ2n) is 5.13. The Balaban J connectivity index is 2.27. The van der Waals surface area contributed by atoms with Crippen molar-refractivity contribution in [3.05, 3.63) is 52.4 Å². The third kappa shape index (κ3) is 4.43. The number of carbonyl (C=O) groups is 1. The summed E-state index contributed by atoms with van der Waals surface area (Å²) in [7, 11) is -3.77. The Morgan fingerprint density at radius 3 is 2.62 bits per heavy atom. The van der Waals surface area contributed by atoms with Crippen LogP contribution in [0.3, 0.4) is 0 Å². The number of hydrogen-bond donors (Lipinski definition) is 1. The minimum atomic E-state index is -3.77. The molecule has 130 valence electrons. The summed E-state index contributed by atoms with van der Waals surface area (Å²) >= 11 is 12.0. The third-order valence-corrected chi connectivity index (χ3v) is 5.03. The van der Waals surface area contributed by atoms with Crippen LogP contribution in [-0.4, -0.2) is 26.6 Å². The minimum Gasteiger partial charge on any atom is -0.467 e. The van der Waals surface area contributed by atoms with E-state index in [1.54, 1.807) is 12.1 Å². The minimum absolute atomic E-state index is 0.146. The Hall–Kier alpha value is -1.70. The molecule has 0 aliphatic carbocycles. The van der Waals surface area contributed by atoms with Crippen molar-refractivity contribution in [2.24, 2.45) is 0 Å². The maximum absolute atomic E-state index is 12.4. The van der Waals surface area contributed by atoms with Crippen LogP contribution in [0, 0.1) is 0 Å². The van der Waals surface area contributed by atoms with E-state index in [1.165, 1.54) is 31.4 Å². The number of amides is 1. The second kappa shape index (κ2) is 7.46. The van der Waals surface area contributed by atoms with Crippen molar-refractivity contribution in [3.63, 3.8) is 0 Å². The average molecular weight is 391 g/mol. The maximum atomic E-state index is 12.4. The predicted molar refractivity (Wildman–Crippen MR) is 93.8 cm³/mol. The van der Waals surface area contributed by atoms with Gasteiger partial charge in [0.05, 0.1) is 29.8 Å². The van der Waals surface area contributed by atoms with Crippen molar-refractivity contribution in [1.29, 1.82) is 0 Å². The Labute approximate surface area is 150 Å². The summed E-state index contributed by atoms with van der Waals surface area (Å²) in [6.45, 7) is 1.62. The van der Waals surface area contributed by atoms with E-state index in [2.05, 4.69) is 5.32 Å². The average Bonchev–Trinajstić information content (AvgIpc) is 3.00. The molecular weight excluding hydrogens is 375 g/mol. The molecule has 0 radical (unpaired) electrons. The van der Waals surface area contributed by atoms with Gasteiger partial charge in [-0.3, -0.25) is 9.10 Å². The van der Waals surface area contributed by atoms with E-state index in [4.69, 9.17) is 27.6 Å². The highest BCUT2D eigenvalue weighted by Crippen LogP contribution is 2.32. The van der Waals surface area contributed by atoms with Gasteiger partial charge in [0, 0.05) is 5.02 Å². The van der Waals surface area contributed by atoms with E-state index in [9.17, 15) is 13.2 Å². The first-order chi connectivity index (χ1) is 11.2. The van der Waals surface area contributed by atoms with Gasteiger partial charge in [0.1, 0.15) is 11.8 Å². The first-order valence-electron chi connectivity index (χ1n) is 6.94. The van der Waals surface area contributed by atoms with Crippen LogP contribution in [0.5, 0.6) is 0 Å². The van der Waals surface area contributed by atoms with E-state index in [0.717, 1.165) is 10.6 Å². The van der Waals surface area contributed by atoms with Crippen molar-refractivity contribution >= 4 is 44.8 Å². The molecule has 1 amide bonds. The monoisotopic (exact) mass is 390 g/mol.